The van der Waals surface area contributed by atoms with Crippen LogP contribution in [0.15, 0.2) is 27.3 Å². The summed E-state index contributed by atoms with van der Waals surface area (Å²) in [5, 5.41) is 1.16. The molecule has 1 aromatic carbocycles. The van der Waals surface area contributed by atoms with Crippen molar-refractivity contribution in [2.45, 2.75) is 13.8 Å². The predicted molar refractivity (Wildman–Crippen MR) is 66.6 cm³/mol. The molecule has 0 aliphatic rings. The van der Waals surface area contributed by atoms with E-state index in [1.165, 1.54) is 11.1 Å². The summed E-state index contributed by atoms with van der Waals surface area (Å²) in [6, 6.07) is 4.22. The topological polar surface area (TPSA) is 12.9 Å². The van der Waals surface area contributed by atoms with E-state index >= 15 is 0 Å². The molecule has 2 rings (SSSR count). The van der Waals surface area contributed by atoms with E-state index in [4.69, 9.17) is 0 Å². The van der Waals surface area contributed by atoms with Gasteiger partial charge in [-0.15, -0.1) is 0 Å². The van der Waals surface area contributed by atoms with E-state index in [9.17, 15) is 0 Å². The number of nitrogens with zero attached hydrogens (tertiary/aromatic N) is 1. The molecule has 1 nitrogen and oxygen atoms in total. The molecule has 0 bridgehead atoms. The Morgan fingerprint density at radius 1 is 1.14 bits per heavy atom. The molecule has 0 fully saturated rings. The number of benzene rings is 1. The maximum atomic E-state index is 4.43. The summed E-state index contributed by atoms with van der Waals surface area (Å²) in [7, 11) is 0. The zero-order valence-electron chi connectivity index (χ0n) is 7.94. The maximum Gasteiger partial charge on any atom is 0.0745 e. The van der Waals surface area contributed by atoms with Crippen LogP contribution in [0.3, 0.4) is 0 Å². The van der Waals surface area contributed by atoms with Crippen LogP contribution in [0, 0.1) is 13.8 Å². The first-order chi connectivity index (χ1) is 6.61. The second kappa shape index (κ2) is 3.63. The molecule has 0 spiro atoms. The van der Waals surface area contributed by atoms with Crippen LogP contribution in [-0.2, 0) is 0 Å². The third-order valence-corrected chi connectivity index (χ3v) is 4.44. The molecule has 3 heteroatoms. The molecule has 0 N–H and O–H groups in total. The molecule has 0 amide bonds. The quantitative estimate of drug-likeness (QED) is 0.703. The van der Waals surface area contributed by atoms with Crippen LogP contribution in [-0.4, -0.2) is 4.98 Å². The highest BCUT2D eigenvalue weighted by atomic mass is 79.9. The third-order valence-electron chi connectivity index (χ3n) is 2.45. The van der Waals surface area contributed by atoms with Crippen molar-refractivity contribution in [2.75, 3.05) is 0 Å². The number of pyridine rings is 1. The van der Waals surface area contributed by atoms with E-state index in [1.54, 1.807) is 0 Å². The minimum atomic E-state index is 0.994. The molecule has 0 saturated carbocycles. The lowest BCUT2D eigenvalue weighted by atomic mass is 10.1. The minimum Gasteiger partial charge on any atom is -0.255 e. The van der Waals surface area contributed by atoms with Crippen molar-refractivity contribution < 1.29 is 0 Å². The van der Waals surface area contributed by atoms with Gasteiger partial charge in [0.25, 0.3) is 0 Å². The Kier molecular flexibility index (Phi) is 2.62. The standard InChI is InChI=1S/C11H9Br2N/c1-6-3-4-8-10(13)9(12)5-14-11(8)7(6)2/h3-5H,1-2H3. The average molecular weight is 315 g/mol. The lowest BCUT2D eigenvalue weighted by molar-refractivity contribution is 1.30. The molecule has 0 aliphatic heterocycles. The van der Waals surface area contributed by atoms with Gasteiger partial charge in [-0.05, 0) is 56.8 Å². The summed E-state index contributed by atoms with van der Waals surface area (Å²) in [4.78, 5) is 4.43. The highest BCUT2D eigenvalue weighted by Crippen LogP contribution is 2.31. The van der Waals surface area contributed by atoms with Gasteiger partial charge in [-0.3, -0.25) is 4.98 Å². The summed E-state index contributed by atoms with van der Waals surface area (Å²) in [6.45, 7) is 4.21. The summed E-state index contributed by atoms with van der Waals surface area (Å²) >= 11 is 7.00. The van der Waals surface area contributed by atoms with Gasteiger partial charge >= 0.3 is 0 Å². The Morgan fingerprint density at radius 3 is 2.57 bits per heavy atom. The Bertz CT molecular complexity index is 459. The van der Waals surface area contributed by atoms with Crippen molar-refractivity contribution in [3.8, 4) is 0 Å². The van der Waals surface area contributed by atoms with Gasteiger partial charge in [0.15, 0.2) is 0 Å². The van der Waals surface area contributed by atoms with Gasteiger partial charge in [-0.2, -0.15) is 0 Å². The van der Waals surface area contributed by atoms with Crippen molar-refractivity contribution in [1.29, 1.82) is 0 Å². The highest BCUT2D eigenvalue weighted by molar-refractivity contribution is 9.13. The van der Waals surface area contributed by atoms with Gasteiger partial charge in [-0.1, -0.05) is 12.1 Å². The molecule has 72 valence electrons. The average Bonchev–Trinajstić information content (AvgIpc) is 2.17. The van der Waals surface area contributed by atoms with E-state index in [-0.39, 0.29) is 0 Å². The Hall–Kier alpha value is -0.410. The first-order valence-electron chi connectivity index (χ1n) is 4.31. The van der Waals surface area contributed by atoms with Crippen LogP contribution in [0.1, 0.15) is 11.1 Å². The van der Waals surface area contributed by atoms with Gasteiger partial charge in [0.2, 0.25) is 0 Å². The largest absolute Gasteiger partial charge is 0.255 e. The summed E-state index contributed by atoms with van der Waals surface area (Å²) < 4.78 is 2.07. The van der Waals surface area contributed by atoms with E-state index in [0.29, 0.717) is 0 Å². The zero-order valence-corrected chi connectivity index (χ0v) is 11.1. The number of rotatable bonds is 0. The minimum absolute atomic E-state index is 0.994. The molecule has 1 aromatic heterocycles. The summed E-state index contributed by atoms with van der Waals surface area (Å²) in [6.07, 6.45) is 1.83. The fraction of sp³-hybridized carbons (Fsp3) is 0.182. The number of hydrogen-bond acceptors (Lipinski definition) is 1. The van der Waals surface area contributed by atoms with E-state index in [1.807, 2.05) is 6.20 Å². The SMILES string of the molecule is Cc1ccc2c(Br)c(Br)cnc2c1C. The lowest BCUT2D eigenvalue weighted by Crippen LogP contribution is -1.88. The molecule has 0 atom stereocenters. The number of aryl methyl sites for hydroxylation is 2. The Morgan fingerprint density at radius 2 is 1.86 bits per heavy atom. The Balaban J connectivity index is 2.94. The number of aromatic nitrogens is 1. The maximum absolute atomic E-state index is 4.43. The molecule has 14 heavy (non-hydrogen) atoms. The van der Waals surface area contributed by atoms with Gasteiger partial charge in [0, 0.05) is 16.1 Å². The molecule has 0 radical (unpaired) electrons. The van der Waals surface area contributed by atoms with Crippen molar-refractivity contribution >= 4 is 42.8 Å². The fourth-order valence-electron chi connectivity index (χ4n) is 1.45. The second-order valence-corrected chi connectivity index (χ2v) is 4.97. The molecule has 0 aliphatic carbocycles. The number of halogens is 2. The summed E-state index contributed by atoms with van der Waals surface area (Å²) in [5.74, 6) is 0. The monoisotopic (exact) mass is 313 g/mol. The van der Waals surface area contributed by atoms with E-state index < -0.39 is 0 Å². The van der Waals surface area contributed by atoms with Crippen molar-refractivity contribution in [1.82, 2.24) is 4.98 Å². The first kappa shape index (κ1) is 10.1. The van der Waals surface area contributed by atoms with Crippen LogP contribution < -0.4 is 0 Å². The molecular weight excluding hydrogens is 306 g/mol. The van der Waals surface area contributed by atoms with Crippen LogP contribution >= 0.6 is 31.9 Å². The summed E-state index contributed by atoms with van der Waals surface area (Å²) in [5.41, 5.74) is 3.59. The molecule has 2 aromatic rings. The van der Waals surface area contributed by atoms with Gasteiger partial charge < -0.3 is 0 Å². The normalized spacial score (nSPS) is 10.9. The molecular formula is C11H9Br2N. The first-order valence-corrected chi connectivity index (χ1v) is 5.90. The Labute approximate surface area is 99.8 Å². The predicted octanol–water partition coefficient (Wildman–Crippen LogP) is 4.38. The fourth-order valence-corrected chi connectivity index (χ4v) is 2.19. The molecule has 1 heterocycles. The van der Waals surface area contributed by atoms with Gasteiger partial charge in [0.1, 0.15) is 0 Å². The van der Waals surface area contributed by atoms with Gasteiger partial charge in [0.05, 0.1) is 9.99 Å². The smallest absolute Gasteiger partial charge is 0.0745 e. The van der Waals surface area contributed by atoms with Crippen LogP contribution in [0.5, 0.6) is 0 Å². The third kappa shape index (κ3) is 1.48. The van der Waals surface area contributed by atoms with E-state index in [2.05, 4.69) is 62.8 Å². The zero-order chi connectivity index (χ0) is 10.3. The number of hydrogen-bond donors (Lipinski definition) is 0. The van der Waals surface area contributed by atoms with Crippen LogP contribution in [0.2, 0.25) is 0 Å². The van der Waals surface area contributed by atoms with Crippen molar-refractivity contribution in [3.63, 3.8) is 0 Å². The number of fused-ring (bicyclic) bond motifs is 1. The van der Waals surface area contributed by atoms with Crippen LogP contribution in [0.25, 0.3) is 10.9 Å². The lowest BCUT2D eigenvalue weighted by Gasteiger charge is -2.07. The van der Waals surface area contributed by atoms with Crippen LogP contribution in [0.4, 0.5) is 0 Å². The highest BCUT2D eigenvalue weighted by Gasteiger charge is 2.07. The second-order valence-electron chi connectivity index (χ2n) is 3.32. The van der Waals surface area contributed by atoms with Crippen molar-refractivity contribution in [3.05, 3.63) is 38.4 Å². The van der Waals surface area contributed by atoms with Crippen molar-refractivity contribution in [2.24, 2.45) is 0 Å². The molecule has 0 unspecified atom stereocenters. The van der Waals surface area contributed by atoms with E-state index in [0.717, 1.165) is 19.8 Å². The van der Waals surface area contributed by atoms with Gasteiger partial charge in [-0.25, -0.2) is 0 Å². The molecule has 0 saturated heterocycles.